The highest BCUT2D eigenvalue weighted by atomic mass is 16.2. The van der Waals surface area contributed by atoms with Gasteiger partial charge in [-0.05, 0) is 50.9 Å². The molecule has 3 aliphatic rings. The maximum absolute atomic E-state index is 12.8. The number of piperidine rings is 1. The van der Waals surface area contributed by atoms with Crippen molar-refractivity contribution in [2.75, 3.05) is 13.1 Å². The van der Waals surface area contributed by atoms with Gasteiger partial charge >= 0.3 is 6.03 Å². The molecule has 3 fully saturated rings. The summed E-state index contributed by atoms with van der Waals surface area (Å²) in [7, 11) is 0. The van der Waals surface area contributed by atoms with E-state index in [-0.39, 0.29) is 12.1 Å². The first-order valence-electron chi connectivity index (χ1n) is 10.1. The van der Waals surface area contributed by atoms with Crippen LogP contribution in [0.25, 0.3) is 0 Å². The molecule has 140 valence electrons. The molecular weight excluding hydrogens is 328 g/mol. The monoisotopic (exact) mass is 356 g/mol. The number of urea groups is 1. The van der Waals surface area contributed by atoms with E-state index in [1.54, 1.807) is 4.68 Å². The molecule has 0 spiro atoms. The lowest BCUT2D eigenvalue weighted by molar-refractivity contribution is 0.172. The maximum atomic E-state index is 12.8. The second-order valence-electron chi connectivity index (χ2n) is 8.10. The van der Waals surface area contributed by atoms with Crippen molar-refractivity contribution in [2.24, 2.45) is 5.92 Å². The van der Waals surface area contributed by atoms with Gasteiger partial charge < -0.3 is 10.2 Å². The molecule has 2 saturated carbocycles. The van der Waals surface area contributed by atoms with E-state index >= 15 is 0 Å². The molecule has 1 aromatic rings. The molecule has 1 aliphatic heterocycles. The first-order valence-corrected chi connectivity index (χ1v) is 10.1. The van der Waals surface area contributed by atoms with Gasteiger partial charge in [0.1, 0.15) is 5.69 Å². The summed E-state index contributed by atoms with van der Waals surface area (Å²) in [6.07, 6.45) is 12.8. The molecule has 2 aliphatic carbocycles. The third kappa shape index (κ3) is 3.42. The number of nitriles is 1. The van der Waals surface area contributed by atoms with E-state index in [2.05, 4.69) is 21.7 Å². The minimum atomic E-state index is -0.501. The summed E-state index contributed by atoms with van der Waals surface area (Å²) < 4.78 is 1.71. The number of amides is 2. The normalized spacial score (nSPS) is 23.9. The minimum absolute atomic E-state index is 0.0243. The van der Waals surface area contributed by atoms with Crippen LogP contribution in [0.15, 0.2) is 6.20 Å². The number of hydrogen-bond donors (Lipinski definition) is 1. The molecule has 2 heterocycles. The summed E-state index contributed by atoms with van der Waals surface area (Å²) >= 11 is 0. The van der Waals surface area contributed by atoms with Gasteiger partial charge in [-0.15, -0.1) is 5.10 Å². The number of nitrogens with one attached hydrogen (secondary N) is 1. The predicted octanol–water partition coefficient (Wildman–Crippen LogP) is 3.11. The van der Waals surface area contributed by atoms with Crippen LogP contribution >= 0.6 is 0 Å². The Morgan fingerprint density at radius 3 is 2.54 bits per heavy atom. The lowest BCUT2D eigenvalue weighted by Crippen LogP contribution is -2.46. The van der Waals surface area contributed by atoms with Gasteiger partial charge in [-0.25, -0.2) is 9.48 Å². The Morgan fingerprint density at radius 1 is 1.19 bits per heavy atom. The van der Waals surface area contributed by atoms with Gasteiger partial charge in [-0.3, -0.25) is 0 Å². The maximum Gasteiger partial charge on any atom is 0.317 e. The molecule has 4 rings (SSSR count). The van der Waals surface area contributed by atoms with Crippen LogP contribution in [0.3, 0.4) is 0 Å². The quantitative estimate of drug-likeness (QED) is 0.898. The van der Waals surface area contributed by atoms with Gasteiger partial charge in [0.15, 0.2) is 5.54 Å². The smallest absolute Gasteiger partial charge is 0.317 e. The first kappa shape index (κ1) is 17.3. The Hall–Kier alpha value is -2.10. The highest BCUT2D eigenvalue weighted by Crippen LogP contribution is 2.42. The minimum Gasteiger partial charge on any atom is -0.329 e. The average Bonchev–Trinajstić information content (AvgIpc) is 3.36. The number of hydrogen-bond acceptors (Lipinski definition) is 4. The van der Waals surface area contributed by atoms with E-state index in [4.69, 9.17) is 0 Å². The molecule has 1 N–H and O–H groups in total. The van der Waals surface area contributed by atoms with Crippen molar-refractivity contribution >= 4 is 6.03 Å². The Bertz CT molecular complexity index is 676. The van der Waals surface area contributed by atoms with E-state index in [1.165, 1.54) is 25.7 Å². The third-order valence-corrected chi connectivity index (χ3v) is 6.24. The van der Waals surface area contributed by atoms with Gasteiger partial charge in [0.2, 0.25) is 0 Å². The van der Waals surface area contributed by atoms with E-state index < -0.39 is 5.54 Å². The van der Waals surface area contributed by atoms with Crippen LogP contribution in [0.5, 0.6) is 0 Å². The zero-order valence-electron chi connectivity index (χ0n) is 15.4. The molecule has 2 amide bonds. The molecule has 0 radical (unpaired) electrons. The summed E-state index contributed by atoms with van der Waals surface area (Å²) in [6, 6.07) is 2.28. The van der Waals surface area contributed by atoms with Crippen LogP contribution in [-0.2, 0) is 5.54 Å². The molecule has 0 aromatic carbocycles. The first-order chi connectivity index (χ1) is 12.7. The zero-order valence-corrected chi connectivity index (χ0v) is 15.4. The lowest BCUT2D eigenvalue weighted by atomic mass is 9.83. The van der Waals surface area contributed by atoms with Crippen molar-refractivity contribution in [3.63, 3.8) is 0 Å². The van der Waals surface area contributed by atoms with Gasteiger partial charge in [-0.1, -0.05) is 24.5 Å². The highest BCUT2D eigenvalue weighted by molar-refractivity contribution is 5.74. The van der Waals surface area contributed by atoms with Crippen LogP contribution in [0, 0.1) is 17.2 Å². The van der Waals surface area contributed by atoms with Gasteiger partial charge in [0, 0.05) is 13.1 Å². The van der Waals surface area contributed by atoms with Gasteiger partial charge in [0.25, 0.3) is 0 Å². The van der Waals surface area contributed by atoms with Crippen molar-refractivity contribution in [1.82, 2.24) is 25.2 Å². The van der Waals surface area contributed by atoms with Crippen LogP contribution in [-0.4, -0.2) is 39.0 Å². The van der Waals surface area contributed by atoms with Crippen molar-refractivity contribution in [3.8, 4) is 6.07 Å². The molecule has 7 nitrogen and oxygen atoms in total. The number of aromatic nitrogens is 3. The molecule has 7 heteroatoms. The van der Waals surface area contributed by atoms with Gasteiger partial charge in [-0.2, -0.15) is 5.26 Å². The second-order valence-corrected chi connectivity index (χ2v) is 8.10. The Labute approximate surface area is 154 Å². The fourth-order valence-corrected chi connectivity index (χ4v) is 4.36. The Kier molecular flexibility index (Phi) is 4.84. The number of rotatable bonds is 4. The summed E-state index contributed by atoms with van der Waals surface area (Å²) in [5, 5.41) is 21.3. The number of likely N-dealkylation sites (tertiary alicyclic amines) is 1. The topological polar surface area (TPSA) is 86.8 Å². The Morgan fingerprint density at radius 2 is 1.88 bits per heavy atom. The highest BCUT2D eigenvalue weighted by Gasteiger charge is 2.47. The molecular formula is C19H28N6O. The molecule has 1 saturated heterocycles. The van der Waals surface area contributed by atoms with Crippen LogP contribution in [0.2, 0.25) is 0 Å². The van der Waals surface area contributed by atoms with Crippen molar-refractivity contribution < 1.29 is 4.79 Å². The van der Waals surface area contributed by atoms with E-state index in [9.17, 15) is 10.1 Å². The zero-order chi connectivity index (χ0) is 18.0. The fraction of sp³-hybridized carbons (Fsp3) is 0.789. The SMILES string of the molecule is N#CC1(n2cc(C(NC(=O)N3CCCCC3)C3CCCCC3)nn2)CC1. The molecule has 1 aromatic heterocycles. The largest absolute Gasteiger partial charge is 0.329 e. The van der Waals surface area contributed by atoms with E-state index in [0.717, 1.165) is 57.3 Å². The molecule has 1 unspecified atom stereocenters. The molecule has 0 bridgehead atoms. The van der Waals surface area contributed by atoms with Crippen molar-refractivity contribution in [2.45, 2.75) is 75.8 Å². The lowest BCUT2D eigenvalue weighted by Gasteiger charge is -2.33. The fourth-order valence-electron chi connectivity index (χ4n) is 4.36. The predicted molar refractivity (Wildman–Crippen MR) is 96.1 cm³/mol. The van der Waals surface area contributed by atoms with E-state index in [0.29, 0.717) is 5.92 Å². The third-order valence-electron chi connectivity index (χ3n) is 6.24. The summed E-state index contributed by atoms with van der Waals surface area (Å²) in [5.74, 6) is 0.403. The average molecular weight is 356 g/mol. The Balaban J connectivity index is 1.53. The summed E-state index contributed by atoms with van der Waals surface area (Å²) in [4.78, 5) is 14.7. The van der Waals surface area contributed by atoms with Crippen molar-refractivity contribution in [1.29, 1.82) is 5.26 Å². The second kappa shape index (κ2) is 7.26. The van der Waals surface area contributed by atoms with E-state index in [1.807, 2.05) is 11.1 Å². The van der Waals surface area contributed by atoms with Crippen LogP contribution in [0.4, 0.5) is 4.79 Å². The van der Waals surface area contributed by atoms with Gasteiger partial charge in [0.05, 0.1) is 18.3 Å². The summed E-state index contributed by atoms with van der Waals surface area (Å²) in [5.41, 5.74) is 0.308. The van der Waals surface area contributed by atoms with Crippen LogP contribution < -0.4 is 5.32 Å². The number of carbonyl (C=O) groups is 1. The van der Waals surface area contributed by atoms with Crippen LogP contribution in [0.1, 0.15) is 75.9 Å². The molecule has 1 atom stereocenters. The summed E-state index contributed by atoms with van der Waals surface area (Å²) in [6.45, 7) is 1.68. The standard InChI is InChI=1S/C19H28N6O/c20-14-19(9-10-19)25-13-16(22-23-25)17(15-7-3-1-4-8-15)21-18(26)24-11-5-2-6-12-24/h13,15,17H,1-12H2,(H,21,26). The molecule has 26 heavy (non-hydrogen) atoms. The number of carbonyl (C=O) groups excluding carboxylic acids is 1. The van der Waals surface area contributed by atoms with Crippen molar-refractivity contribution in [3.05, 3.63) is 11.9 Å². The number of nitrogens with zero attached hydrogens (tertiary/aromatic N) is 5.